The quantitative estimate of drug-likeness (QED) is 0.466. The van der Waals surface area contributed by atoms with Gasteiger partial charge in [-0.05, 0) is 68.2 Å². The topological polar surface area (TPSA) is 130 Å². The summed E-state index contributed by atoms with van der Waals surface area (Å²) in [5.41, 5.74) is 4.57. The van der Waals surface area contributed by atoms with Crippen molar-refractivity contribution in [3.8, 4) is 0 Å². The number of cyclic esters (lactones) is 1. The lowest BCUT2D eigenvalue weighted by molar-refractivity contribution is -0.157. The number of ether oxygens (including phenoxy) is 1. The number of pyridine rings is 1. The molecular formula is C30H39N5O5. The zero-order valence-electron chi connectivity index (χ0n) is 23.8. The minimum absolute atomic E-state index is 0.194. The Kier molecular flexibility index (Phi) is 9.19. The molecule has 40 heavy (non-hydrogen) atoms. The maximum absolute atomic E-state index is 13.2. The van der Waals surface area contributed by atoms with Gasteiger partial charge in [-0.25, -0.2) is 5.43 Å². The second-order valence-electron chi connectivity index (χ2n) is 11.1. The van der Waals surface area contributed by atoms with E-state index in [0.29, 0.717) is 25.8 Å². The van der Waals surface area contributed by atoms with Crippen molar-refractivity contribution in [2.24, 2.45) is 11.8 Å². The zero-order chi connectivity index (χ0) is 29.0. The number of hydrogen-bond donors (Lipinski definition) is 3. The molecule has 1 fully saturated rings. The van der Waals surface area contributed by atoms with Crippen LogP contribution in [0, 0.1) is 11.8 Å². The van der Waals surface area contributed by atoms with Crippen molar-refractivity contribution in [1.29, 1.82) is 0 Å². The third-order valence-electron chi connectivity index (χ3n) is 7.47. The van der Waals surface area contributed by atoms with Crippen molar-refractivity contribution >= 4 is 40.5 Å². The molecule has 0 unspecified atom stereocenters. The van der Waals surface area contributed by atoms with Crippen LogP contribution in [0.4, 0.5) is 0 Å². The molecule has 10 heteroatoms. The maximum Gasteiger partial charge on any atom is 0.325 e. The Morgan fingerprint density at radius 3 is 2.52 bits per heavy atom. The summed E-state index contributed by atoms with van der Waals surface area (Å²) in [4.78, 5) is 56.8. The Balaban J connectivity index is 1.63. The molecule has 1 aromatic carbocycles. The number of hydrogen-bond acceptors (Lipinski definition) is 7. The Hall–Kier alpha value is -3.79. The first-order valence-electron chi connectivity index (χ1n) is 14.0. The molecule has 2 aromatic rings. The van der Waals surface area contributed by atoms with E-state index in [1.165, 1.54) is 5.01 Å². The van der Waals surface area contributed by atoms with Crippen LogP contribution in [0.25, 0.3) is 16.8 Å². The Bertz CT molecular complexity index is 1310. The first-order valence-corrected chi connectivity index (χ1v) is 14.0. The molecule has 10 nitrogen and oxygen atoms in total. The predicted molar refractivity (Wildman–Crippen MR) is 151 cm³/mol. The number of fused-ring (bicyclic) bond motifs is 4. The van der Waals surface area contributed by atoms with Crippen molar-refractivity contribution in [3.05, 3.63) is 47.8 Å². The van der Waals surface area contributed by atoms with Gasteiger partial charge < -0.3 is 15.4 Å². The van der Waals surface area contributed by atoms with Gasteiger partial charge in [0.2, 0.25) is 11.8 Å². The normalized spacial score (nSPS) is 28.1. The van der Waals surface area contributed by atoms with E-state index in [1.807, 2.05) is 57.2 Å². The van der Waals surface area contributed by atoms with Crippen molar-refractivity contribution in [2.45, 2.75) is 78.1 Å². The number of aromatic nitrogens is 1. The fraction of sp³-hybridized carbons (Fsp3) is 0.500. The number of nitrogens with zero attached hydrogens (tertiary/aromatic N) is 2. The van der Waals surface area contributed by atoms with Gasteiger partial charge in [-0.3, -0.25) is 29.2 Å². The van der Waals surface area contributed by atoms with Crippen molar-refractivity contribution in [2.75, 3.05) is 6.54 Å². The molecular weight excluding hydrogens is 510 g/mol. The molecule has 3 heterocycles. The highest BCUT2D eigenvalue weighted by Crippen LogP contribution is 2.24. The molecule has 5 atom stereocenters. The van der Waals surface area contributed by atoms with E-state index >= 15 is 0 Å². The van der Waals surface area contributed by atoms with Crippen LogP contribution in [-0.4, -0.2) is 58.4 Å². The average molecular weight is 550 g/mol. The van der Waals surface area contributed by atoms with Crippen LogP contribution in [0.5, 0.6) is 0 Å². The number of esters is 1. The summed E-state index contributed by atoms with van der Waals surface area (Å²) in [6, 6.07) is 5.43. The third-order valence-corrected chi connectivity index (χ3v) is 7.47. The molecule has 1 aromatic heterocycles. The van der Waals surface area contributed by atoms with Gasteiger partial charge in [-0.15, -0.1) is 0 Å². The van der Waals surface area contributed by atoms with Gasteiger partial charge in [0.25, 0.3) is 5.91 Å². The van der Waals surface area contributed by atoms with Crippen LogP contribution in [0.3, 0.4) is 0 Å². The maximum atomic E-state index is 13.2. The van der Waals surface area contributed by atoms with Crippen LogP contribution in [0.1, 0.15) is 71.2 Å². The predicted octanol–water partition coefficient (Wildman–Crippen LogP) is 3.03. The van der Waals surface area contributed by atoms with Crippen LogP contribution in [-0.2, 0) is 23.9 Å². The van der Waals surface area contributed by atoms with E-state index in [9.17, 15) is 19.2 Å². The second kappa shape index (κ2) is 12.6. The molecule has 2 aliphatic heterocycles. The fourth-order valence-electron chi connectivity index (χ4n) is 4.89. The van der Waals surface area contributed by atoms with Gasteiger partial charge in [-0.1, -0.05) is 39.0 Å². The van der Waals surface area contributed by atoms with Crippen LogP contribution >= 0.6 is 0 Å². The third kappa shape index (κ3) is 6.85. The summed E-state index contributed by atoms with van der Waals surface area (Å²) in [5.74, 6) is -2.07. The SMILES string of the molecule is CC(C)[C@@H]1NC(=O)[C@H](C)C/C=C/c2cc3cc(ccc3cn2)[C@@H](C)OC(=O)[C@@H]2CCCN(N2)C(=O)[C@H](C)NC1=O. The summed E-state index contributed by atoms with van der Waals surface area (Å²) in [5, 5.41) is 8.87. The summed E-state index contributed by atoms with van der Waals surface area (Å²) < 4.78 is 5.80. The largest absolute Gasteiger partial charge is 0.457 e. The lowest BCUT2D eigenvalue weighted by Gasteiger charge is -2.35. The standard InChI is InChI=1S/C30H39N5O5/c1-17(2)26-28(37)32-19(4)29(38)35-13-7-10-25(34-35)30(39)40-20(5)21-11-12-22-16-31-24(15-23(22)14-21)9-6-8-18(3)27(36)33-26/h6,9,11-12,14-20,25-26,34H,7-8,10,13H2,1-5H3,(H,32,37)(H,33,36)/b9-6+/t18-,19+,20-,25+,26+/m1/s1. The molecule has 0 radical (unpaired) electrons. The lowest BCUT2D eigenvalue weighted by atomic mass is 10.00. The molecule has 0 saturated carbocycles. The molecule has 5 bridgehead atoms. The Morgan fingerprint density at radius 1 is 1.00 bits per heavy atom. The van der Waals surface area contributed by atoms with Gasteiger partial charge in [0.05, 0.1) is 5.69 Å². The van der Waals surface area contributed by atoms with E-state index in [4.69, 9.17) is 4.74 Å². The molecule has 3 amide bonds. The second-order valence-corrected chi connectivity index (χ2v) is 11.1. The van der Waals surface area contributed by atoms with Crippen LogP contribution in [0.2, 0.25) is 0 Å². The average Bonchev–Trinajstić information content (AvgIpc) is 2.94. The molecule has 214 valence electrons. The molecule has 3 N–H and O–H groups in total. The highest BCUT2D eigenvalue weighted by molar-refractivity contribution is 5.92. The van der Waals surface area contributed by atoms with Gasteiger partial charge in [-0.2, -0.15) is 0 Å². The molecule has 0 spiro atoms. The number of carbonyl (C=O) groups excluding carboxylic acids is 4. The lowest BCUT2D eigenvalue weighted by Crippen LogP contribution is -2.61. The first kappa shape index (κ1) is 29.2. The number of carbonyl (C=O) groups is 4. The van der Waals surface area contributed by atoms with Gasteiger partial charge >= 0.3 is 5.97 Å². The van der Waals surface area contributed by atoms with Crippen molar-refractivity contribution in [1.82, 2.24) is 26.1 Å². The molecule has 0 aliphatic carbocycles. The van der Waals surface area contributed by atoms with Crippen LogP contribution in [0.15, 0.2) is 36.5 Å². The monoisotopic (exact) mass is 549 g/mol. The molecule has 2 aliphatic rings. The highest BCUT2D eigenvalue weighted by Gasteiger charge is 2.34. The van der Waals surface area contributed by atoms with E-state index < -0.39 is 36.1 Å². The van der Waals surface area contributed by atoms with Crippen LogP contribution < -0.4 is 16.1 Å². The number of allylic oxidation sites excluding steroid dienone is 1. The molecule has 1 saturated heterocycles. The van der Waals surface area contributed by atoms with E-state index in [2.05, 4.69) is 21.0 Å². The van der Waals surface area contributed by atoms with E-state index in [1.54, 1.807) is 20.0 Å². The number of amides is 3. The Labute approximate surface area is 234 Å². The minimum Gasteiger partial charge on any atom is -0.457 e. The van der Waals surface area contributed by atoms with E-state index in [0.717, 1.165) is 22.0 Å². The Morgan fingerprint density at radius 2 is 1.77 bits per heavy atom. The van der Waals surface area contributed by atoms with Gasteiger partial charge in [0.15, 0.2) is 0 Å². The first-order chi connectivity index (χ1) is 19.0. The van der Waals surface area contributed by atoms with Gasteiger partial charge in [0.1, 0.15) is 24.2 Å². The van der Waals surface area contributed by atoms with Gasteiger partial charge in [0, 0.05) is 24.0 Å². The van der Waals surface area contributed by atoms with Crippen molar-refractivity contribution < 1.29 is 23.9 Å². The summed E-state index contributed by atoms with van der Waals surface area (Å²) in [7, 11) is 0. The van der Waals surface area contributed by atoms with E-state index in [-0.39, 0.29) is 23.7 Å². The summed E-state index contributed by atoms with van der Waals surface area (Å²) in [6.07, 6.45) is 6.64. The minimum atomic E-state index is -0.863. The number of hydrazine groups is 1. The smallest absolute Gasteiger partial charge is 0.325 e. The fourth-order valence-corrected chi connectivity index (χ4v) is 4.89. The highest BCUT2D eigenvalue weighted by atomic mass is 16.5. The number of nitrogens with one attached hydrogen (secondary N) is 3. The number of rotatable bonds is 1. The zero-order valence-corrected chi connectivity index (χ0v) is 23.8. The summed E-state index contributed by atoms with van der Waals surface area (Å²) in [6.45, 7) is 9.30. The molecule has 4 rings (SSSR count). The number of benzene rings is 1. The van der Waals surface area contributed by atoms with Crippen molar-refractivity contribution in [3.63, 3.8) is 0 Å². The summed E-state index contributed by atoms with van der Waals surface area (Å²) >= 11 is 0.